The number of nitrogens with one attached hydrogen (secondary N) is 19. The summed E-state index contributed by atoms with van der Waals surface area (Å²) in [6, 6.07) is 13.3. The van der Waals surface area contributed by atoms with Crippen LogP contribution in [0.2, 0.25) is 0 Å². The van der Waals surface area contributed by atoms with Crippen molar-refractivity contribution in [2.45, 2.75) is 222 Å². The predicted octanol–water partition coefficient (Wildman–Crippen LogP) is 1.65. The minimum atomic E-state index is -1.49. The monoisotopic (exact) mass is 1780 g/mol. The van der Waals surface area contributed by atoms with Gasteiger partial charge in [0.15, 0.2) is 17.9 Å². The van der Waals surface area contributed by atoms with Crippen LogP contribution in [0.4, 0.5) is 0 Å². The van der Waals surface area contributed by atoms with E-state index >= 15 is 33.6 Å². The first-order valence-electron chi connectivity index (χ1n) is 44.4. The van der Waals surface area contributed by atoms with Crippen molar-refractivity contribution in [3.63, 3.8) is 0 Å². The summed E-state index contributed by atoms with van der Waals surface area (Å²) < 4.78 is 0. The Balaban J connectivity index is 0.941. The topological polar surface area (TPSA) is 641 Å². The molecule has 0 spiro atoms. The molecule has 2 saturated heterocycles. The molecule has 129 heavy (non-hydrogen) atoms. The van der Waals surface area contributed by atoms with Gasteiger partial charge in [-0.25, -0.2) is 4.79 Å². The molecule has 0 bridgehead atoms. The zero-order valence-corrected chi connectivity index (χ0v) is 73.4. The lowest BCUT2D eigenvalue weighted by atomic mass is 9.97. The van der Waals surface area contributed by atoms with Crippen molar-refractivity contribution >= 4 is 132 Å². The third-order valence-corrected chi connectivity index (χ3v) is 23.8. The summed E-state index contributed by atoms with van der Waals surface area (Å²) in [5.41, 5.74) is 34.1. The van der Waals surface area contributed by atoms with Crippen LogP contribution < -0.4 is 92.5 Å². The molecule has 0 saturated carbocycles. The van der Waals surface area contributed by atoms with E-state index in [1.807, 2.05) is 105 Å². The second-order valence-electron chi connectivity index (χ2n) is 33.8. The number of guanidine groups is 3. The van der Waals surface area contributed by atoms with Crippen molar-refractivity contribution in [1.82, 2.24) is 93.5 Å². The first-order valence-corrected chi connectivity index (χ1v) is 44.4. The highest BCUT2D eigenvalue weighted by Gasteiger charge is 2.44. The lowest BCUT2D eigenvalue weighted by molar-refractivity contribution is -0.144. The normalized spacial score (nSPS) is 16.4. The van der Waals surface area contributed by atoms with Gasteiger partial charge in [-0.2, -0.15) is 0 Å². The van der Waals surface area contributed by atoms with Gasteiger partial charge in [0.25, 0.3) is 0 Å². The molecule has 11 amide bonds. The van der Waals surface area contributed by atoms with Gasteiger partial charge in [0.1, 0.15) is 66.5 Å². The van der Waals surface area contributed by atoms with Crippen LogP contribution in [0.1, 0.15) is 146 Å². The fourth-order valence-corrected chi connectivity index (χ4v) is 16.8. The summed E-state index contributed by atoms with van der Waals surface area (Å²) in [5, 5.41) is 70.0. The molecular weight excluding hydrogens is 1650 g/mol. The van der Waals surface area contributed by atoms with Crippen molar-refractivity contribution in [2.24, 2.45) is 40.5 Å². The maximum atomic E-state index is 16.1. The van der Waals surface area contributed by atoms with Gasteiger partial charge in [0.2, 0.25) is 65.0 Å². The molecule has 39 heteroatoms. The number of nitrogens with zero attached hydrogens (tertiary/aromatic N) is 2. The summed E-state index contributed by atoms with van der Waals surface area (Å²) in [4.78, 5) is 195. The van der Waals surface area contributed by atoms with Crippen molar-refractivity contribution in [2.75, 3.05) is 39.3 Å². The number of para-hydroxylation sites is 4. The van der Waals surface area contributed by atoms with Gasteiger partial charge >= 0.3 is 5.97 Å². The number of aromatic nitrogens is 4. The number of rotatable bonds is 49. The van der Waals surface area contributed by atoms with Crippen LogP contribution in [0.5, 0.6) is 0 Å². The van der Waals surface area contributed by atoms with Gasteiger partial charge in [0.05, 0.1) is 6.04 Å². The number of carbonyl (C=O) groups is 12. The Morgan fingerprint density at radius 1 is 0.419 bits per heavy atom. The van der Waals surface area contributed by atoms with Crippen molar-refractivity contribution in [1.29, 1.82) is 16.2 Å². The molecule has 2 aliphatic rings. The standard InChI is InChI=1S/C90H126N26O13/c1-5-51(4)75(87(128)129)114-82(123)68(41-50(2)3)109-78(119)66(31-17-37-100-89(95)96)108-80(121)69(42-52-46-102-61-26-10-6-21-56(52)61)110-83(124)73-33-20-40-116(73)86(127)72(45-55-49-105-64-29-13-9-24-59(55)64)113-81(122)70(43-53-47-103-62-27-11-7-22-57(53)62)111-84(125)74-34-19-39-115(74)85(126)71(44-54-48-104-63-28-12-8-23-58(54)63)112-79(120)67(32-18-38-101-90(97)98)107-77(118)65(30-16-36-99-88(93)94)106-76(117)60(92)25-14-15-35-91/h6-13,21-24,26-29,46-51,60,65-75,102-105H,5,14-20,25,30-45,91-92H2,1-4H3,(H,106,117)(H,107,118)(H,108,121)(H,109,119)(H,110,124)(H,111,125)(H,112,120)(H,113,122)(H,114,123)(H,128,129)(H4,93,94,99)(H4,95,96,100)(H4,97,98,101)/t51-,60-,65-,66-,67-,68-,69-,70-,71-,72-,73-,74-,75-/m0/s1. The molecule has 0 unspecified atom stereocenters. The van der Waals surface area contributed by atoms with Crippen molar-refractivity contribution in [3.05, 3.63) is 144 Å². The third-order valence-electron chi connectivity index (χ3n) is 23.8. The number of carboxylic acid groups (broad SMARTS) is 1. The van der Waals surface area contributed by atoms with Crippen LogP contribution in [-0.2, 0) is 83.2 Å². The highest BCUT2D eigenvalue weighted by molar-refractivity contribution is 6.02. The quantitative estimate of drug-likeness (QED) is 0.0146. The third kappa shape index (κ3) is 27.2. The van der Waals surface area contributed by atoms with E-state index in [4.69, 9.17) is 44.9 Å². The highest BCUT2D eigenvalue weighted by atomic mass is 16.4. The number of hydrogen-bond donors (Lipinski definition) is 25. The number of unbranched alkanes of at least 4 members (excludes halogenated alkanes) is 1. The molecule has 8 aromatic rings. The van der Waals surface area contributed by atoms with Crippen LogP contribution in [0.3, 0.4) is 0 Å². The fraction of sp³-hybridized carbons (Fsp3) is 0.478. The molecule has 2 fully saturated rings. The van der Waals surface area contributed by atoms with Crippen LogP contribution in [0.25, 0.3) is 43.6 Å². The predicted molar refractivity (Wildman–Crippen MR) is 490 cm³/mol. The number of likely N-dealkylation sites (tertiary alicyclic amines) is 2. The number of hydrogen-bond acceptors (Lipinski definition) is 17. The number of nitrogens with two attached hydrogens (primary N) is 5. The van der Waals surface area contributed by atoms with E-state index < -0.39 is 149 Å². The van der Waals surface area contributed by atoms with E-state index in [0.717, 1.165) is 10.9 Å². The first-order chi connectivity index (χ1) is 61.9. The molecule has 0 radical (unpaired) electrons. The second-order valence-corrected chi connectivity index (χ2v) is 33.8. The van der Waals surface area contributed by atoms with E-state index in [2.05, 4.69) is 83.7 Å². The molecule has 10 rings (SSSR count). The number of amides is 11. The number of aliphatic carboxylic acids is 1. The Morgan fingerprint density at radius 2 is 0.736 bits per heavy atom. The van der Waals surface area contributed by atoms with Gasteiger partial charge < -0.3 is 127 Å². The fourth-order valence-electron chi connectivity index (χ4n) is 16.8. The average Bonchev–Trinajstić information content (AvgIpc) is 1.68. The molecular formula is C90H126N26O13. The van der Waals surface area contributed by atoms with Crippen LogP contribution in [0.15, 0.2) is 122 Å². The molecule has 4 aromatic carbocycles. The smallest absolute Gasteiger partial charge is 0.326 e. The molecule has 4 aromatic heterocycles. The minimum Gasteiger partial charge on any atom is -0.480 e. The van der Waals surface area contributed by atoms with Crippen LogP contribution >= 0.6 is 0 Å². The summed E-state index contributed by atoms with van der Waals surface area (Å²) >= 11 is 0. The summed E-state index contributed by atoms with van der Waals surface area (Å²) in [7, 11) is 0. The van der Waals surface area contributed by atoms with Crippen LogP contribution in [0, 0.1) is 28.1 Å². The van der Waals surface area contributed by atoms with Crippen molar-refractivity contribution < 1.29 is 62.6 Å². The number of benzene rings is 4. The maximum Gasteiger partial charge on any atom is 0.326 e. The first kappa shape index (κ1) is 97.6. The molecule has 30 N–H and O–H groups in total. The highest BCUT2D eigenvalue weighted by Crippen LogP contribution is 2.29. The number of aromatic amines is 4. The average molecular weight is 1780 g/mol. The molecule has 2 aliphatic heterocycles. The molecule has 39 nitrogen and oxygen atoms in total. The summed E-state index contributed by atoms with van der Waals surface area (Å²) in [6.45, 7) is 7.84. The van der Waals surface area contributed by atoms with Crippen LogP contribution in [-0.4, -0.2) is 235 Å². The number of fused-ring (bicyclic) bond motifs is 4. The van der Waals surface area contributed by atoms with Gasteiger partial charge in [-0.15, -0.1) is 0 Å². The van der Waals surface area contributed by atoms with E-state index in [-0.39, 0.29) is 146 Å². The Labute approximate surface area is 747 Å². The zero-order chi connectivity index (χ0) is 93.0. The Morgan fingerprint density at radius 3 is 1.07 bits per heavy atom. The number of H-pyrrole nitrogens is 4. The lowest BCUT2D eigenvalue weighted by Gasteiger charge is -2.32. The number of carboxylic acids is 1. The summed E-state index contributed by atoms with van der Waals surface area (Å²) in [5.74, 6) is -11.2. The van der Waals surface area contributed by atoms with Gasteiger partial charge in [-0.05, 0) is 148 Å². The van der Waals surface area contributed by atoms with Gasteiger partial charge in [-0.3, -0.25) is 69.0 Å². The Kier molecular flexibility index (Phi) is 35.8. The Bertz CT molecular complexity index is 5270. The lowest BCUT2D eigenvalue weighted by Crippen LogP contribution is -2.61. The molecule has 0 aliphatic carbocycles. The van der Waals surface area contributed by atoms with E-state index in [1.54, 1.807) is 44.7 Å². The zero-order valence-electron chi connectivity index (χ0n) is 73.4. The SMILES string of the molecule is CC[C@H](C)[C@H](NC(=O)[C@H](CC(C)C)NC(=O)[C@H](CCCNC(=N)N)NC(=O)[C@H](Cc1c[nH]c2ccccc12)NC(=O)[C@@H]1CCCN1C(=O)[C@H](Cc1c[nH]c2ccccc12)NC(=O)[C@H](Cc1c[nH]c2ccccc12)NC(=O)[C@@H]1CCCN1C(=O)[C@H](Cc1c[nH]c2ccccc12)NC(=O)[C@H](CCCNC(=N)N)NC(=O)[C@H](CCCNC(=N)N)NC(=O)[C@@H](N)CCCCN)C(=O)O. The van der Waals surface area contributed by atoms with E-state index in [1.165, 1.54) is 9.80 Å². The summed E-state index contributed by atoms with van der Waals surface area (Å²) in [6.07, 6.45) is 9.27. The van der Waals surface area contributed by atoms with Gasteiger partial charge in [-0.1, -0.05) is 113 Å². The molecule has 6 heterocycles. The van der Waals surface area contributed by atoms with E-state index in [0.29, 0.717) is 93.6 Å². The number of carbonyl (C=O) groups excluding carboxylic acids is 11. The second kappa shape index (κ2) is 47.3. The maximum absolute atomic E-state index is 16.1. The molecule has 13 atom stereocenters. The largest absolute Gasteiger partial charge is 0.480 e. The van der Waals surface area contributed by atoms with Gasteiger partial charge in [0, 0.05) is 127 Å². The Hall–Kier alpha value is -13.6. The van der Waals surface area contributed by atoms with E-state index in [9.17, 15) is 29.1 Å². The van der Waals surface area contributed by atoms with Crippen molar-refractivity contribution in [3.8, 4) is 0 Å². The molecule has 694 valence electrons. The minimum absolute atomic E-state index is 0.00772.